The number of hydrogen-bond acceptors (Lipinski definition) is 2. The van der Waals surface area contributed by atoms with E-state index in [-0.39, 0.29) is 0 Å². The van der Waals surface area contributed by atoms with Crippen LogP contribution in [-0.4, -0.2) is 36.0 Å². The Morgan fingerprint density at radius 1 is 1.35 bits per heavy atom. The first-order valence-electron chi connectivity index (χ1n) is 7.17. The van der Waals surface area contributed by atoms with Crippen LogP contribution in [0.25, 0.3) is 0 Å². The number of hydrogen-bond donors (Lipinski definition) is 1. The molecule has 4 atom stereocenters. The minimum absolute atomic E-state index is 0.315. The quantitative estimate of drug-likeness (QED) is 0.792. The largest absolute Gasteiger partial charge is 0.341 e. The van der Waals surface area contributed by atoms with E-state index in [0.29, 0.717) is 29.3 Å². The van der Waals surface area contributed by atoms with Gasteiger partial charge in [0.25, 0.3) is 0 Å². The van der Waals surface area contributed by atoms with Gasteiger partial charge in [-0.05, 0) is 37.5 Å². The molecule has 1 saturated carbocycles. The first-order chi connectivity index (χ1) is 8.12. The lowest BCUT2D eigenvalue weighted by Crippen LogP contribution is -2.40. The lowest BCUT2D eigenvalue weighted by molar-refractivity contribution is -0.133. The highest BCUT2D eigenvalue weighted by Gasteiger charge is 2.54. The van der Waals surface area contributed by atoms with E-state index < -0.39 is 0 Å². The molecule has 0 aromatic rings. The lowest BCUT2D eigenvalue weighted by Gasteiger charge is -2.25. The molecule has 3 aliphatic rings. The van der Waals surface area contributed by atoms with Gasteiger partial charge in [0.1, 0.15) is 0 Å². The maximum absolute atomic E-state index is 12.5. The summed E-state index contributed by atoms with van der Waals surface area (Å²) in [5, 5.41) is 3.64. The summed E-state index contributed by atoms with van der Waals surface area (Å²) in [7, 11) is 0. The van der Waals surface area contributed by atoms with Gasteiger partial charge in [0.15, 0.2) is 0 Å². The number of fused-ring (bicyclic) bond motifs is 2. The van der Waals surface area contributed by atoms with Crippen molar-refractivity contribution in [2.24, 2.45) is 11.3 Å². The SMILES string of the molecule is CCC1(C)CC1C(=O)N1CCC2CCC(C1)N2. The molecule has 4 unspecified atom stereocenters. The van der Waals surface area contributed by atoms with Crippen LogP contribution in [0.2, 0.25) is 0 Å². The summed E-state index contributed by atoms with van der Waals surface area (Å²) in [5.74, 6) is 0.757. The number of amides is 1. The lowest BCUT2D eigenvalue weighted by atomic mass is 10.0. The maximum Gasteiger partial charge on any atom is 0.226 e. The zero-order valence-electron chi connectivity index (χ0n) is 11.0. The molecule has 0 aromatic heterocycles. The number of carbonyl (C=O) groups excluding carboxylic acids is 1. The second-order valence-corrected chi connectivity index (χ2v) is 6.48. The van der Waals surface area contributed by atoms with E-state index in [1.807, 2.05) is 0 Å². The number of carbonyl (C=O) groups is 1. The van der Waals surface area contributed by atoms with Gasteiger partial charge < -0.3 is 10.2 Å². The summed E-state index contributed by atoms with van der Waals surface area (Å²) in [6.45, 7) is 6.39. The van der Waals surface area contributed by atoms with Gasteiger partial charge in [-0.3, -0.25) is 4.79 Å². The monoisotopic (exact) mass is 236 g/mol. The molecule has 3 heteroatoms. The zero-order chi connectivity index (χ0) is 12.0. The third-order valence-corrected chi connectivity index (χ3v) is 5.29. The van der Waals surface area contributed by atoms with Crippen molar-refractivity contribution in [2.75, 3.05) is 13.1 Å². The number of nitrogens with one attached hydrogen (secondary N) is 1. The smallest absolute Gasteiger partial charge is 0.226 e. The van der Waals surface area contributed by atoms with Crippen LogP contribution >= 0.6 is 0 Å². The maximum atomic E-state index is 12.5. The van der Waals surface area contributed by atoms with Crippen LogP contribution in [0, 0.1) is 11.3 Å². The Bertz CT molecular complexity index is 330. The molecule has 1 aliphatic carbocycles. The predicted molar refractivity (Wildman–Crippen MR) is 67.6 cm³/mol. The van der Waals surface area contributed by atoms with E-state index in [4.69, 9.17) is 0 Å². The molecule has 0 radical (unpaired) electrons. The highest BCUT2D eigenvalue weighted by Crippen LogP contribution is 2.55. The highest BCUT2D eigenvalue weighted by molar-refractivity contribution is 5.82. The summed E-state index contributed by atoms with van der Waals surface area (Å²) in [4.78, 5) is 14.6. The van der Waals surface area contributed by atoms with Crippen molar-refractivity contribution >= 4 is 5.91 Å². The van der Waals surface area contributed by atoms with Crippen LogP contribution in [0.4, 0.5) is 0 Å². The van der Waals surface area contributed by atoms with Crippen molar-refractivity contribution in [1.29, 1.82) is 0 Å². The predicted octanol–water partition coefficient (Wildman–Crippen LogP) is 1.78. The Morgan fingerprint density at radius 3 is 2.82 bits per heavy atom. The summed E-state index contributed by atoms with van der Waals surface area (Å²) in [5.41, 5.74) is 0.315. The molecule has 2 saturated heterocycles. The van der Waals surface area contributed by atoms with Crippen LogP contribution in [0.1, 0.15) is 46.0 Å². The third kappa shape index (κ3) is 1.99. The third-order valence-electron chi connectivity index (χ3n) is 5.29. The average molecular weight is 236 g/mol. The fourth-order valence-corrected chi connectivity index (χ4v) is 3.55. The van der Waals surface area contributed by atoms with Crippen LogP contribution in [0.15, 0.2) is 0 Å². The second-order valence-electron chi connectivity index (χ2n) is 6.48. The van der Waals surface area contributed by atoms with Gasteiger partial charge in [-0.2, -0.15) is 0 Å². The van der Waals surface area contributed by atoms with Crippen LogP contribution in [0.3, 0.4) is 0 Å². The van der Waals surface area contributed by atoms with Gasteiger partial charge >= 0.3 is 0 Å². The van der Waals surface area contributed by atoms with Crippen LogP contribution in [-0.2, 0) is 4.79 Å². The van der Waals surface area contributed by atoms with Gasteiger partial charge in [0.2, 0.25) is 5.91 Å². The van der Waals surface area contributed by atoms with Crippen molar-refractivity contribution in [1.82, 2.24) is 10.2 Å². The standard InChI is InChI=1S/C14H24N2O/c1-3-14(2)8-12(14)13(17)16-7-6-10-4-5-11(9-16)15-10/h10-12,15H,3-9H2,1-2H3. The zero-order valence-corrected chi connectivity index (χ0v) is 11.0. The first kappa shape index (κ1) is 11.5. The Labute approximate surface area is 104 Å². The van der Waals surface area contributed by atoms with E-state index >= 15 is 0 Å². The van der Waals surface area contributed by atoms with Gasteiger partial charge in [-0.1, -0.05) is 13.8 Å². The van der Waals surface area contributed by atoms with E-state index in [0.717, 1.165) is 32.4 Å². The van der Waals surface area contributed by atoms with E-state index in [1.165, 1.54) is 12.8 Å². The molecule has 3 fully saturated rings. The molecule has 0 spiro atoms. The average Bonchev–Trinajstić information content (AvgIpc) is 2.87. The Balaban J connectivity index is 1.63. The van der Waals surface area contributed by atoms with E-state index in [2.05, 4.69) is 24.1 Å². The molecule has 2 aliphatic heterocycles. The molecular formula is C14H24N2O. The summed E-state index contributed by atoms with van der Waals surface area (Å²) in [6, 6.07) is 1.24. The van der Waals surface area contributed by atoms with Crippen molar-refractivity contribution < 1.29 is 4.79 Å². The van der Waals surface area contributed by atoms with Crippen LogP contribution in [0.5, 0.6) is 0 Å². The number of likely N-dealkylation sites (tertiary alicyclic amines) is 1. The molecular weight excluding hydrogens is 212 g/mol. The number of rotatable bonds is 2. The molecule has 2 bridgehead atoms. The normalized spacial score (nSPS) is 44.6. The Kier molecular flexibility index (Phi) is 2.69. The molecule has 3 rings (SSSR count). The van der Waals surface area contributed by atoms with Crippen molar-refractivity contribution in [2.45, 2.75) is 58.0 Å². The molecule has 1 amide bonds. The van der Waals surface area contributed by atoms with E-state index in [1.54, 1.807) is 0 Å². The first-order valence-corrected chi connectivity index (χ1v) is 7.17. The summed E-state index contributed by atoms with van der Waals surface area (Å²) in [6.07, 6.45) is 5.96. The van der Waals surface area contributed by atoms with Crippen LogP contribution < -0.4 is 5.32 Å². The summed E-state index contributed by atoms with van der Waals surface area (Å²) >= 11 is 0. The molecule has 1 N–H and O–H groups in total. The van der Waals surface area contributed by atoms with Gasteiger partial charge in [-0.15, -0.1) is 0 Å². The number of nitrogens with zero attached hydrogens (tertiary/aromatic N) is 1. The van der Waals surface area contributed by atoms with Crippen molar-refractivity contribution in [3.63, 3.8) is 0 Å². The fraction of sp³-hybridized carbons (Fsp3) is 0.929. The molecule has 2 heterocycles. The van der Waals surface area contributed by atoms with Gasteiger partial charge in [0.05, 0.1) is 0 Å². The van der Waals surface area contributed by atoms with Gasteiger partial charge in [-0.25, -0.2) is 0 Å². The van der Waals surface area contributed by atoms with Gasteiger partial charge in [0, 0.05) is 31.1 Å². The van der Waals surface area contributed by atoms with Crippen molar-refractivity contribution in [3.8, 4) is 0 Å². The van der Waals surface area contributed by atoms with Crippen molar-refractivity contribution in [3.05, 3.63) is 0 Å². The fourth-order valence-electron chi connectivity index (χ4n) is 3.55. The minimum Gasteiger partial charge on any atom is -0.341 e. The molecule has 0 aromatic carbocycles. The summed E-state index contributed by atoms with van der Waals surface area (Å²) < 4.78 is 0. The molecule has 3 nitrogen and oxygen atoms in total. The second kappa shape index (κ2) is 3.98. The molecule has 17 heavy (non-hydrogen) atoms. The topological polar surface area (TPSA) is 32.3 Å². The Hall–Kier alpha value is -0.570. The molecule has 96 valence electrons. The highest BCUT2D eigenvalue weighted by atomic mass is 16.2. The van der Waals surface area contributed by atoms with E-state index in [9.17, 15) is 4.79 Å². The Morgan fingerprint density at radius 2 is 2.12 bits per heavy atom. The minimum atomic E-state index is 0.315.